The number of nitrogens with zero attached hydrogens (tertiary/aromatic N) is 3. The first-order valence-corrected chi connectivity index (χ1v) is 6.97. The number of pyridine rings is 1. The number of aryl methyl sites for hydroxylation is 1. The molecule has 0 radical (unpaired) electrons. The number of hydrogen-bond acceptors (Lipinski definition) is 3. The SMILES string of the molecule is Cc1cccc(C2CCCN2c2ccc(C#N)cn2)c1. The van der Waals surface area contributed by atoms with Crippen LogP contribution in [0.25, 0.3) is 0 Å². The Bertz CT molecular complexity index is 640. The molecule has 0 aliphatic carbocycles. The molecule has 1 unspecified atom stereocenters. The quantitative estimate of drug-likeness (QED) is 0.831. The fourth-order valence-electron chi connectivity index (χ4n) is 2.89. The minimum atomic E-state index is 0.398. The van der Waals surface area contributed by atoms with Crippen molar-refractivity contribution in [1.29, 1.82) is 5.26 Å². The minimum absolute atomic E-state index is 0.398. The van der Waals surface area contributed by atoms with E-state index in [1.165, 1.54) is 17.5 Å². The normalized spacial score (nSPS) is 18.0. The number of aromatic nitrogens is 1. The molecule has 1 aromatic heterocycles. The molecule has 100 valence electrons. The summed E-state index contributed by atoms with van der Waals surface area (Å²) < 4.78 is 0. The molecule has 1 atom stereocenters. The van der Waals surface area contributed by atoms with Gasteiger partial charge >= 0.3 is 0 Å². The largest absolute Gasteiger partial charge is 0.350 e. The van der Waals surface area contributed by atoms with Crippen LogP contribution in [0.2, 0.25) is 0 Å². The molecule has 2 heterocycles. The highest BCUT2D eigenvalue weighted by molar-refractivity contribution is 5.46. The Hall–Kier alpha value is -2.34. The average molecular weight is 263 g/mol. The summed E-state index contributed by atoms with van der Waals surface area (Å²) in [6.45, 7) is 3.15. The van der Waals surface area contributed by atoms with Crippen molar-refractivity contribution in [2.75, 3.05) is 11.4 Å². The maximum atomic E-state index is 8.85. The van der Waals surface area contributed by atoms with Crippen molar-refractivity contribution >= 4 is 5.82 Å². The highest BCUT2D eigenvalue weighted by atomic mass is 15.2. The van der Waals surface area contributed by atoms with Crippen molar-refractivity contribution in [3.05, 3.63) is 59.3 Å². The highest BCUT2D eigenvalue weighted by Gasteiger charge is 2.26. The van der Waals surface area contributed by atoms with Gasteiger partial charge in [-0.25, -0.2) is 4.98 Å². The van der Waals surface area contributed by atoms with Crippen molar-refractivity contribution in [1.82, 2.24) is 4.98 Å². The fraction of sp³-hybridized carbons (Fsp3) is 0.294. The first-order chi connectivity index (χ1) is 9.78. The molecule has 3 heteroatoms. The van der Waals surface area contributed by atoms with Gasteiger partial charge in [-0.05, 0) is 37.5 Å². The maximum Gasteiger partial charge on any atom is 0.129 e. The van der Waals surface area contributed by atoms with Crippen LogP contribution >= 0.6 is 0 Å². The molecule has 2 aromatic rings. The Morgan fingerprint density at radius 3 is 2.90 bits per heavy atom. The lowest BCUT2D eigenvalue weighted by atomic mass is 10.0. The van der Waals surface area contributed by atoms with E-state index in [-0.39, 0.29) is 0 Å². The highest BCUT2D eigenvalue weighted by Crippen LogP contribution is 2.35. The molecular weight excluding hydrogens is 246 g/mol. The van der Waals surface area contributed by atoms with E-state index >= 15 is 0 Å². The van der Waals surface area contributed by atoms with Gasteiger partial charge in [-0.2, -0.15) is 5.26 Å². The lowest BCUT2D eigenvalue weighted by molar-refractivity contribution is 0.711. The topological polar surface area (TPSA) is 39.9 Å². The molecule has 3 nitrogen and oxygen atoms in total. The first-order valence-electron chi connectivity index (χ1n) is 6.97. The van der Waals surface area contributed by atoms with Crippen molar-refractivity contribution in [2.24, 2.45) is 0 Å². The Kier molecular flexibility index (Phi) is 3.39. The molecule has 0 amide bonds. The summed E-state index contributed by atoms with van der Waals surface area (Å²) in [6, 6.07) is 15.0. The maximum absolute atomic E-state index is 8.85. The molecule has 1 saturated heterocycles. The molecule has 0 N–H and O–H groups in total. The Morgan fingerprint density at radius 2 is 2.20 bits per heavy atom. The first kappa shape index (κ1) is 12.7. The van der Waals surface area contributed by atoms with Crippen molar-refractivity contribution < 1.29 is 0 Å². The summed E-state index contributed by atoms with van der Waals surface area (Å²) >= 11 is 0. The summed E-state index contributed by atoms with van der Waals surface area (Å²) in [7, 11) is 0. The van der Waals surface area contributed by atoms with Crippen LogP contribution in [-0.2, 0) is 0 Å². The van der Waals surface area contributed by atoms with Crippen LogP contribution in [0.1, 0.15) is 35.6 Å². The predicted octanol–water partition coefficient (Wildman–Crippen LogP) is 3.60. The van der Waals surface area contributed by atoms with Gasteiger partial charge < -0.3 is 4.90 Å². The zero-order valence-electron chi connectivity index (χ0n) is 11.6. The minimum Gasteiger partial charge on any atom is -0.350 e. The van der Waals surface area contributed by atoms with E-state index in [1.54, 1.807) is 6.20 Å². The number of benzene rings is 1. The molecule has 1 aromatic carbocycles. The molecule has 3 rings (SSSR count). The van der Waals surface area contributed by atoms with Gasteiger partial charge in [0.15, 0.2) is 0 Å². The van der Waals surface area contributed by atoms with Gasteiger partial charge in [0, 0.05) is 12.7 Å². The van der Waals surface area contributed by atoms with Gasteiger partial charge in [0.05, 0.1) is 11.6 Å². The van der Waals surface area contributed by atoms with Gasteiger partial charge in [0.25, 0.3) is 0 Å². The number of anilines is 1. The van der Waals surface area contributed by atoms with Gasteiger partial charge in [0.2, 0.25) is 0 Å². The molecule has 20 heavy (non-hydrogen) atoms. The van der Waals surface area contributed by atoms with Crippen LogP contribution in [0.15, 0.2) is 42.6 Å². The predicted molar refractivity (Wildman–Crippen MR) is 79.5 cm³/mol. The van der Waals surface area contributed by atoms with Crippen LogP contribution < -0.4 is 4.90 Å². The smallest absolute Gasteiger partial charge is 0.129 e. The third kappa shape index (κ3) is 2.37. The van der Waals surface area contributed by atoms with E-state index in [1.807, 2.05) is 12.1 Å². The monoisotopic (exact) mass is 263 g/mol. The second-order valence-corrected chi connectivity index (χ2v) is 5.28. The molecule has 1 fully saturated rings. The standard InChI is InChI=1S/C17H17N3/c1-13-4-2-5-15(10-13)16-6-3-9-20(16)17-8-7-14(11-18)12-19-17/h2,4-5,7-8,10,12,16H,3,6,9H2,1H3. The summed E-state index contributed by atoms with van der Waals surface area (Å²) in [5, 5.41) is 8.85. The second-order valence-electron chi connectivity index (χ2n) is 5.28. The lowest BCUT2D eigenvalue weighted by Crippen LogP contribution is -2.23. The number of nitriles is 1. The van der Waals surface area contributed by atoms with Crippen LogP contribution in [0.4, 0.5) is 5.82 Å². The van der Waals surface area contributed by atoms with E-state index in [4.69, 9.17) is 5.26 Å². The number of rotatable bonds is 2. The summed E-state index contributed by atoms with van der Waals surface area (Å²) in [6.07, 6.45) is 3.99. The lowest BCUT2D eigenvalue weighted by Gasteiger charge is -2.26. The Labute approximate surface area is 119 Å². The van der Waals surface area contributed by atoms with Crippen LogP contribution in [-0.4, -0.2) is 11.5 Å². The third-order valence-corrected chi connectivity index (χ3v) is 3.85. The van der Waals surface area contributed by atoms with Crippen molar-refractivity contribution in [3.63, 3.8) is 0 Å². The molecular formula is C17H17N3. The Morgan fingerprint density at radius 1 is 1.30 bits per heavy atom. The van der Waals surface area contributed by atoms with E-state index in [9.17, 15) is 0 Å². The van der Waals surface area contributed by atoms with E-state index in [0.717, 1.165) is 18.8 Å². The van der Waals surface area contributed by atoms with E-state index < -0.39 is 0 Å². The molecule has 0 bridgehead atoms. The Balaban J connectivity index is 1.90. The number of hydrogen-bond donors (Lipinski definition) is 0. The molecule has 1 aliphatic rings. The second kappa shape index (κ2) is 5.34. The van der Waals surface area contributed by atoms with Crippen LogP contribution in [0, 0.1) is 18.3 Å². The van der Waals surface area contributed by atoms with Crippen LogP contribution in [0.5, 0.6) is 0 Å². The summed E-state index contributed by atoms with van der Waals surface area (Å²) in [5.74, 6) is 0.966. The van der Waals surface area contributed by atoms with Gasteiger partial charge in [-0.15, -0.1) is 0 Å². The van der Waals surface area contributed by atoms with Gasteiger partial charge in [-0.1, -0.05) is 29.8 Å². The molecule has 1 aliphatic heterocycles. The van der Waals surface area contributed by atoms with Gasteiger partial charge in [-0.3, -0.25) is 0 Å². The zero-order valence-corrected chi connectivity index (χ0v) is 11.6. The van der Waals surface area contributed by atoms with Gasteiger partial charge in [0.1, 0.15) is 11.9 Å². The van der Waals surface area contributed by atoms with Crippen molar-refractivity contribution in [3.8, 4) is 6.07 Å². The molecule has 0 saturated carbocycles. The van der Waals surface area contributed by atoms with E-state index in [0.29, 0.717) is 11.6 Å². The van der Waals surface area contributed by atoms with Crippen molar-refractivity contribution in [2.45, 2.75) is 25.8 Å². The molecule has 0 spiro atoms. The van der Waals surface area contributed by atoms with Crippen LogP contribution in [0.3, 0.4) is 0 Å². The third-order valence-electron chi connectivity index (χ3n) is 3.85. The summed E-state index contributed by atoms with van der Waals surface area (Å²) in [4.78, 5) is 6.78. The zero-order chi connectivity index (χ0) is 13.9. The average Bonchev–Trinajstić information content (AvgIpc) is 2.97. The summed E-state index contributed by atoms with van der Waals surface area (Å²) in [5.41, 5.74) is 3.26. The van der Waals surface area contributed by atoms with E-state index in [2.05, 4.69) is 47.1 Å². The fourth-order valence-corrected chi connectivity index (χ4v) is 2.89.